The van der Waals surface area contributed by atoms with Crippen molar-refractivity contribution in [1.29, 1.82) is 5.26 Å². The smallest absolute Gasteiger partial charge is 0.355 e. The molecule has 0 saturated heterocycles. The Balaban J connectivity index is 2.09. The van der Waals surface area contributed by atoms with Crippen LogP contribution in [-0.4, -0.2) is 23.9 Å². The monoisotopic (exact) mass is 383 g/mol. The summed E-state index contributed by atoms with van der Waals surface area (Å²) in [4.78, 5) is 36.0. The maximum atomic E-state index is 12.4. The van der Waals surface area contributed by atoms with Crippen molar-refractivity contribution in [2.45, 2.75) is 20.0 Å². The Morgan fingerprint density at radius 3 is 2.56 bits per heavy atom. The number of thiophene rings is 1. The van der Waals surface area contributed by atoms with Gasteiger partial charge in [0.15, 0.2) is 6.10 Å². The highest BCUT2D eigenvalue weighted by Crippen LogP contribution is 2.22. The van der Waals surface area contributed by atoms with E-state index in [0.29, 0.717) is 16.1 Å². The topological polar surface area (TPSA) is 108 Å². The Labute approximate surface area is 160 Å². The number of nitrogens with one attached hydrogen (secondary N) is 2. The molecule has 2 N–H and O–H groups in total. The van der Waals surface area contributed by atoms with E-state index in [1.54, 1.807) is 35.7 Å². The van der Waals surface area contributed by atoms with Gasteiger partial charge in [-0.25, -0.2) is 4.79 Å². The van der Waals surface area contributed by atoms with Crippen LogP contribution >= 0.6 is 11.3 Å². The molecule has 138 valence electrons. The zero-order valence-electron chi connectivity index (χ0n) is 14.7. The molecule has 0 aliphatic heterocycles. The van der Waals surface area contributed by atoms with Gasteiger partial charge >= 0.3 is 5.97 Å². The first-order valence-electron chi connectivity index (χ1n) is 7.94. The Hall–Kier alpha value is -3.44. The van der Waals surface area contributed by atoms with Crippen LogP contribution in [0.2, 0.25) is 0 Å². The molecule has 0 bridgehead atoms. The molecule has 2 amide bonds. The van der Waals surface area contributed by atoms with Crippen LogP contribution in [0.5, 0.6) is 0 Å². The van der Waals surface area contributed by atoms with E-state index in [4.69, 9.17) is 10.00 Å². The van der Waals surface area contributed by atoms with Crippen molar-refractivity contribution >= 4 is 40.2 Å². The predicted molar refractivity (Wildman–Crippen MR) is 101 cm³/mol. The largest absolute Gasteiger partial charge is 0.448 e. The van der Waals surface area contributed by atoms with Gasteiger partial charge in [-0.1, -0.05) is 30.3 Å². The van der Waals surface area contributed by atoms with Gasteiger partial charge in [-0.05, 0) is 30.0 Å². The minimum absolute atomic E-state index is 0.0813. The fraction of sp³-hybridized carbons (Fsp3) is 0.158. The Morgan fingerprint density at radius 2 is 1.93 bits per heavy atom. The van der Waals surface area contributed by atoms with Crippen molar-refractivity contribution in [2.24, 2.45) is 0 Å². The second kappa shape index (κ2) is 9.31. The number of benzene rings is 1. The Bertz CT molecular complexity index is 913. The number of ether oxygens (including phenoxy) is 1. The van der Waals surface area contributed by atoms with Crippen molar-refractivity contribution < 1.29 is 19.1 Å². The van der Waals surface area contributed by atoms with Crippen molar-refractivity contribution in [3.05, 3.63) is 58.6 Å². The molecule has 1 aromatic heterocycles. The first-order chi connectivity index (χ1) is 12.9. The molecule has 0 fully saturated rings. The highest BCUT2D eigenvalue weighted by Gasteiger charge is 2.22. The second-order valence-electron chi connectivity index (χ2n) is 5.46. The lowest BCUT2D eigenvalue weighted by atomic mass is 10.2. The third-order valence-electron chi connectivity index (χ3n) is 3.32. The van der Waals surface area contributed by atoms with Crippen molar-refractivity contribution in [3.8, 4) is 6.07 Å². The number of amides is 2. The summed E-state index contributed by atoms with van der Waals surface area (Å²) in [6.07, 6.45) is 0.334. The number of nitriles is 1. The molecule has 2 aromatic rings. The average Bonchev–Trinajstić information content (AvgIpc) is 3.08. The number of anilines is 1. The molecular formula is C19H17N3O4S. The van der Waals surface area contributed by atoms with E-state index in [1.807, 2.05) is 12.1 Å². The van der Waals surface area contributed by atoms with Gasteiger partial charge in [0.25, 0.3) is 5.91 Å². The van der Waals surface area contributed by atoms with Gasteiger partial charge in [0.2, 0.25) is 5.91 Å². The van der Waals surface area contributed by atoms with Gasteiger partial charge in [0.1, 0.15) is 16.8 Å². The third-order valence-corrected chi connectivity index (χ3v) is 4.15. The Morgan fingerprint density at radius 1 is 1.22 bits per heavy atom. The summed E-state index contributed by atoms with van der Waals surface area (Å²) in [6, 6.07) is 12.4. The number of carbonyl (C=O) groups is 3. The number of hydrogen-bond donors (Lipinski definition) is 2. The van der Waals surface area contributed by atoms with Crippen LogP contribution in [0.4, 0.5) is 5.00 Å². The molecular weight excluding hydrogens is 366 g/mol. The fourth-order valence-corrected chi connectivity index (χ4v) is 2.78. The third kappa shape index (κ3) is 5.80. The van der Waals surface area contributed by atoms with Crippen molar-refractivity contribution in [1.82, 2.24) is 5.32 Å². The van der Waals surface area contributed by atoms with Gasteiger partial charge in [0, 0.05) is 6.92 Å². The summed E-state index contributed by atoms with van der Waals surface area (Å²) < 4.78 is 5.16. The van der Waals surface area contributed by atoms with Crippen LogP contribution in [0.3, 0.4) is 0 Å². The van der Waals surface area contributed by atoms with Gasteiger partial charge in [-0.2, -0.15) is 5.26 Å². The zero-order valence-corrected chi connectivity index (χ0v) is 15.5. The van der Waals surface area contributed by atoms with Crippen molar-refractivity contribution in [2.75, 3.05) is 5.32 Å². The zero-order chi connectivity index (χ0) is 19.8. The van der Waals surface area contributed by atoms with Gasteiger partial charge < -0.3 is 15.4 Å². The summed E-state index contributed by atoms with van der Waals surface area (Å²) in [5.74, 6) is -1.86. The molecule has 1 aromatic carbocycles. The second-order valence-corrected chi connectivity index (χ2v) is 6.38. The maximum absolute atomic E-state index is 12.4. The van der Waals surface area contributed by atoms with Gasteiger partial charge in [-0.15, -0.1) is 11.3 Å². The highest BCUT2D eigenvalue weighted by molar-refractivity contribution is 7.14. The molecule has 7 nitrogen and oxygen atoms in total. The SMILES string of the molecule is CC(=O)N/C(=C\c1ccccc1)C(=O)O[C@H](C)C(=O)Nc1sccc1C#N. The minimum atomic E-state index is -1.13. The molecule has 1 atom stereocenters. The number of carbonyl (C=O) groups excluding carboxylic acids is 3. The first-order valence-corrected chi connectivity index (χ1v) is 8.82. The molecule has 0 unspecified atom stereocenters. The molecule has 0 saturated carbocycles. The fourth-order valence-electron chi connectivity index (χ4n) is 2.04. The standard InChI is InChI=1S/C19H17N3O4S/c1-12(17(24)22-18-15(11-20)8-9-27-18)26-19(25)16(21-13(2)23)10-14-6-4-3-5-7-14/h3-10,12H,1-2H3,(H,21,23)(H,22,24)/b16-10-/t12-/m1/s1. The molecule has 1 heterocycles. The van der Waals surface area contributed by atoms with E-state index < -0.39 is 23.9 Å². The quantitative estimate of drug-likeness (QED) is 0.589. The van der Waals surface area contributed by atoms with E-state index in [0.717, 1.165) is 0 Å². The lowest BCUT2D eigenvalue weighted by molar-refractivity contribution is -0.149. The van der Waals surface area contributed by atoms with Crippen LogP contribution in [-0.2, 0) is 19.1 Å². The average molecular weight is 383 g/mol. The summed E-state index contributed by atoms with van der Waals surface area (Å²) in [5, 5.41) is 16.0. The maximum Gasteiger partial charge on any atom is 0.355 e. The van der Waals surface area contributed by atoms with Crippen LogP contribution in [0.25, 0.3) is 6.08 Å². The normalized spacial score (nSPS) is 11.8. The molecule has 0 aliphatic carbocycles. The summed E-state index contributed by atoms with van der Waals surface area (Å²) in [5.41, 5.74) is 0.935. The summed E-state index contributed by atoms with van der Waals surface area (Å²) in [6.45, 7) is 2.67. The van der Waals surface area contributed by atoms with Crippen LogP contribution in [0.1, 0.15) is 25.0 Å². The Kier molecular flexibility index (Phi) is 6.86. The van der Waals surface area contributed by atoms with Gasteiger partial charge in [0.05, 0.1) is 5.56 Å². The molecule has 0 aliphatic rings. The molecule has 27 heavy (non-hydrogen) atoms. The predicted octanol–water partition coefficient (Wildman–Crippen LogP) is 2.67. The number of esters is 1. The van der Waals surface area contributed by atoms with E-state index in [2.05, 4.69) is 10.6 Å². The summed E-state index contributed by atoms with van der Waals surface area (Å²) >= 11 is 1.19. The highest BCUT2D eigenvalue weighted by atomic mass is 32.1. The van der Waals surface area contributed by atoms with E-state index in [-0.39, 0.29) is 5.70 Å². The molecule has 0 radical (unpaired) electrons. The minimum Gasteiger partial charge on any atom is -0.448 e. The van der Waals surface area contributed by atoms with Gasteiger partial charge in [-0.3, -0.25) is 9.59 Å². The van der Waals surface area contributed by atoms with Crippen LogP contribution in [0.15, 0.2) is 47.5 Å². The van der Waals surface area contributed by atoms with Crippen LogP contribution in [0, 0.1) is 11.3 Å². The van der Waals surface area contributed by atoms with E-state index in [1.165, 1.54) is 31.3 Å². The number of rotatable bonds is 6. The molecule has 8 heteroatoms. The molecule has 2 rings (SSSR count). The lowest BCUT2D eigenvalue weighted by Crippen LogP contribution is -2.33. The van der Waals surface area contributed by atoms with E-state index >= 15 is 0 Å². The van der Waals surface area contributed by atoms with E-state index in [9.17, 15) is 14.4 Å². The lowest BCUT2D eigenvalue weighted by Gasteiger charge is -2.14. The summed E-state index contributed by atoms with van der Waals surface area (Å²) in [7, 11) is 0. The first kappa shape index (κ1) is 19.9. The molecule has 0 spiro atoms. The van der Waals surface area contributed by atoms with Crippen molar-refractivity contribution in [3.63, 3.8) is 0 Å². The van der Waals surface area contributed by atoms with Crippen LogP contribution < -0.4 is 10.6 Å². The number of nitrogens with zero attached hydrogens (tertiary/aromatic N) is 1. The number of hydrogen-bond acceptors (Lipinski definition) is 6.